The zero-order valence-electron chi connectivity index (χ0n) is 15.7. The summed E-state index contributed by atoms with van der Waals surface area (Å²) in [6, 6.07) is 13.5. The van der Waals surface area contributed by atoms with Crippen LogP contribution in [-0.2, 0) is 11.2 Å². The molecular weight excluding hydrogens is 470 g/mol. The Morgan fingerprint density at radius 2 is 1.93 bits per heavy atom. The van der Waals surface area contributed by atoms with E-state index in [9.17, 15) is 9.18 Å². The largest absolute Gasteiger partial charge is 0.357 e. The third kappa shape index (κ3) is 8.39. The van der Waals surface area contributed by atoms with E-state index in [1.54, 1.807) is 36.4 Å². The Hall–Kier alpha value is -2.60. The van der Waals surface area contributed by atoms with Gasteiger partial charge >= 0.3 is 0 Å². The minimum atomic E-state index is -0.250. The van der Waals surface area contributed by atoms with E-state index in [0.29, 0.717) is 30.3 Å². The van der Waals surface area contributed by atoms with Crippen LogP contribution in [0.4, 0.5) is 10.1 Å². The van der Waals surface area contributed by atoms with Gasteiger partial charge in [0.25, 0.3) is 0 Å². The molecule has 0 saturated heterocycles. The number of anilines is 1. The number of benzene rings is 2. The molecule has 0 radical (unpaired) electrons. The van der Waals surface area contributed by atoms with Gasteiger partial charge in [0, 0.05) is 24.3 Å². The fourth-order valence-corrected chi connectivity index (χ4v) is 2.36. The van der Waals surface area contributed by atoms with Gasteiger partial charge in [0.15, 0.2) is 5.96 Å². The zero-order valence-corrected chi connectivity index (χ0v) is 18.0. The van der Waals surface area contributed by atoms with E-state index < -0.39 is 0 Å². The molecule has 0 fully saturated rings. The Morgan fingerprint density at radius 3 is 2.61 bits per heavy atom. The Bertz CT molecular complexity index is 831. The molecule has 148 valence electrons. The predicted molar refractivity (Wildman–Crippen MR) is 123 cm³/mol. The van der Waals surface area contributed by atoms with E-state index in [-0.39, 0.29) is 42.2 Å². The highest BCUT2D eigenvalue weighted by atomic mass is 127. The minimum absolute atomic E-state index is 0. The number of amides is 1. The van der Waals surface area contributed by atoms with Crippen LogP contribution in [0.15, 0.2) is 53.5 Å². The molecule has 0 spiro atoms. The Labute approximate surface area is 182 Å². The number of nitrogens with one attached hydrogen (secondary N) is 3. The lowest BCUT2D eigenvalue weighted by molar-refractivity contribution is -0.114. The number of guanidine groups is 1. The van der Waals surface area contributed by atoms with Crippen LogP contribution in [-0.4, -0.2) is 31.5 Å². The fourth-order valence-electron chi connectivity index (χ4n) is 2.36. The van der Waals surface area contributed by atoms with Crippen LogP contribution in [0, 0.1) is 18.2 Å². The second kappa shape index (κ2) is 12.7. The van der Waals surface area contributed by atoms with E-state index in [1.165, 1.54) is 12.1 Å². The second-order valence-electron chi connectivity index (χ2n) is 5.77. The number of rotatable bonds is 7. The summed E-state index contributed by atoms with van der Waals surface area (Å²) in [5.74, 6) is 2.59. The number of carbonyl (C=O) groups excluding carboxylic acids is 1. The molecule has 3 N–H and O–H groups in total. The molecule has 2 aromatic rings. The van der Waals surface area contributed by atoms with Gasteiger partial charge in [0.2, 0.25) is 5.91 Å². The van der Waals surface area contributed by atoms with Crippen LogP contribution in [0.5, 0.6) is 0 Å². The third-order valence-electron chi connectivity index (χ3n) is 3.66. The van der Waals surface area contributed by atoms with Crippen LogP contribution in [0.2, 0.25) is 0 Å². The van der Waals surface area contributed by atoms with Gasteiger partial charge in [-0.25, -0.2) is 9.38 Å². The Morgan fingerprint density at radius 1 is 1.18 bits per heavy atom. The summed E-state index contributed by atoms with van der Waals surface area (Å²) in [5, 5.41) is 9.02. The van der Waals surface area contributed by atoms with E-state index in [2.05, 4.69) is 26.9 Å². The van der Waals surface area contributed by atoms with Gasteiger partial charge in [-0.3, -0.25) is 4.79 Å². The van der Waals surface area contributed by atoms with Crippen LogP contribution in [0.1, 0.15) is 18.1 Å². The van der Waals surface area contributed by atoms with Crippen molar-refractivity contribution in [2.24, 2.45) is 4.99 Å². The van der Waals surface area contributed by atoms with E-state index in [4.69, 9.17) is 6.42 Å². The summed E-state index contributed by atoms with van der Waals surface area (Å²) in [6.45, 7) is 3.21. The summed E-state index contributed by atoms with van der Waals surface area (Å²) in [4.78, 5) is 16.4. The van der Waals surface area contributed by atoms with Gasteiger partial charge in [-0.2, -0.15) is 0 Å². The van der Waals surface area contributed by atoms with Gasteiger partial charge in [-0.05, 0) is 49.2 Å². The molecule has 0 atom stereocenters. The van der Waals surface area contributed by atoms with Gasteiger partial charge in [-0.15, -0.1) is 30.4 Å². The number of nitrogens with zero attached hydrogens (tertiary/aromatic N) is 1. The molecule has 28 heavy (non-hydrogen) atoms. The molecule has 7 heteroatoms. The van der Waals surface area contributed by atoms with Gasteiger partial charge in [0.1, 0.15) is 12.4 Å². The van der Waals surface area contributed by atoms with Crippen molar-refractivity contribution in [2.75, 3.05) is 25.0 Å². The Kier molecular flexibility index (Phi) is 10.7. The molecule has 5 nitrogen and oxygen atoms in total. The average Bonchev–Trinajstić information content (AvgIpc) is 2.68. The fraction of sp³-hybridized carbons (Fsp3) is 0.238. The van der Waals surface area contributed by atoms with Crippen molar-refractivity contribution < 1.29 is 9.18 Å². The van der Waals surface area contributed by atoms with Crippen LogP contribution < -0.4 is 16.0 Å². The minimum Gasteiger partial charge on any atom is -0.357 e. The zero-order chi connectivity index (χ0) is 19.5. The highest BCUT2D eigenvalue weighted by molar-refractivity contribution is 14.0. The first-order chi connectivity index (χ1) is 13.1. The molecule has 0 aromatic heterocycles. The second-order valence-corrected chi connectivity index (χ2v) is 5.77. The van der Waals surface area contributed by atoms with E-state index in [0.717, 1.165) is 12.0 Å². The van der Waals surface area contributed by atoms with Crippen molar-refractivity contribution in [1.82, 2.24) is 10.6 Å². The van der Waals surface area contributed by atoms with Gasteiger partial charge < -0.3 is 16.0 Å². The summed E-state index contributed by atoms with van der Waals surface area (Å²) in [7, 11) is 0. The first kappa shape index (κ1) is 23.4. The SMILES string of the molecule is C#Cc1cccc(NC(=O)CN=C(NCC)NCCc2ccc(F)cc2)c1.I. The molecule has 0 aliphatic carbocycles. The standard InChI is InChI=1S/C21H23FN4O.HI/c1-3-16-6-5-7-19(14-16)26-20(27)15-25-21(23-4-2)24-13-12-17-8-10-18(22)11-9-17;/h1,5-11,14H,4,12-13,15H2,2H3,(H,26,27)(H2,23,24,25);1H. The van der Waals surface area contributed by atoms with Crippen molar-refractivity contribution in [2.45, 2.75) is 13.3 Å². The number of aliphatic imine (C=N–C) groups is 1. The smallest absolute Gasteiger partial charge is 0.246 e. The molecule has 0 heterocycles. The molecule has 1 amide bonds. The third-order valence-corrected chi connectivity index (χ3v) is 3.66. The highest BCUT2D eigenvalue weighted by Crippen LogP contribution is 2.09. The molecule has 0 bridgehead atoms. The van der Waals surface area contributed by atoms with Crippen LogP contribution in [0.3, 0.4) is 0 Å². The predicted octanol–water partition coefficient (Wildman–Crippen LogP) is 3.16. The topological polar surface area (TPSA) is 65.5 Å². The summed E-state index contributed by atoms with van der Waals surface area (Å²) in [5.41, 5.74) is 2.36. The van der Waals surface area contributed by atoms with Gasteiger partial charge in [-0.1, -0.05) is 24.1 Å². The number of terminal acetylenes is 1. The lowest BCUT2D eigenvalue weighted by Gasteiger charge is -2.11. The highest BCUT2D eigenvalue weighted by Gasteiger charge is 2.04. The number of hydrogen-bond acceptors (Lipinski definition) is 2. The van der Waals surface area contributed by atoms with Gasteiger partial charge in [0.05, 0.1) is 0 Å². The maximum absolute atomic E-state index is 12.9. The maximum Gasteiger partial charge on any atom is 0.246 e. The first-order valence-corrected chi connectivity index (χ1v) is 8.74. The molecule has 0 aliphatic heterocycles. The lowest BCUT2D eigenvalue weighted by atomic mass is 10.1. The van der Waals surface area contributed by atoms with E-state index in [1.807, 2.05) is 6.92 Å². The first-order valence-electron chi connectivity index (χ1n) is 8.74. The lowest BCUT2D eigenvalue weighted by Crippen LogP contribution is -2.39. The Balaban J connectivity index is 0.00000392. The normalized spacial score (nSPS) is 10.4. The molecular formula is C21H24FIN4O. The molecule has 2 rings (SSSR count). The van der Waals surface area contributed by atoms with Crippen molar-refractivity contribution >= 4 is 41.5 Å². The van der Waals surface area contributed by atoms with Crippen molar-refractivity contribution in [3.8, 4) is 12.3 Å². The van der Waals surface area contributed by atoms with Crippen LogP contribution >= 0.6 is 24.0 Å². The molecule has 0 unspecified atom stereocenters. The van der Waals surface area contributed by atoms with Crippen LogP contribution in [0.25, 0.3) is 0 Å². The summed E-state index contributed by atoms with van der Waals surface area (Å²) < 4.78 is 12.9. The van der Waals surface area contributed by atoms with Crippen molar-refractivity contribution in [3.05, 3.63) is 65.5 Å². The number of carbonyl (C=O) groups is 1. The molecule has 0 saturated carbocycles. The van der Waals surface area contributed by atoms with E-state index >= 15 is 0 Å². The quantitative estimate of drug-likeness (QED) is 0.240. The summed E-state index contributed by atoms with van der Waals surface area (Å²) >= 11 is 0. The average molecular weight is 494 g/mol. The maximum atomic E-state index is 12.9. The van der Waals surface area contributed by atoms with Crippen molar-refractivity contribution in [1.29, 1.82) is 0 Å². The summed E-state index contributed by atoms with van der Waals surface area (Å²) in [6.07, 6.45) is 6.08. The molecule has 0 aliphatic rings. The van der Waals surface area contributed by atoms with Crippen molar-refractivity contribution in [3.63, 3.8) is 0 Å². The molecule has 2 aromatic carbocycles. The monoisotopic (exact) mass is 494 g/mol. The number of hydrogen-bond donors (Lipinski definition) is 3. The number of halogens is 2.